The lowest BCUT2D eigenvalue weighted by Gasteiger charge is -2.52. The van der Waals surface area contributed by atoms with E-state index in [9.17, 15) is 13.6 Å². The molecule has 0 radical (unpaired) electrons. The van der Waals surface area contributed by atoms with Gasteiger partial charge in [-0.25, -0.2) is 23.2 Å². The molecule has 8 nitrogen and oxygen atoms in total. The maximum absolute atomic E-state index is 14.7. The number of hydrogen-bond donors (Lipinski definition) is 0. The number of fused-ring (bicyclic) bond motifs is 3. The van der Waals surface area contributed by atoms with Crippen molar-refractivity contribution in [2.24, 2.45) is 11.8 Å². The molecule has 3 aliphatic rings. The standard InChI is InChI=1S/C29H29F2N5O3/c1-29(2,3)39-28(37)35-14-18-11-19(15-35)24(18)25-33-26-21(27(34-25)38-16-17-7-5-4-6-8-17)13-32-36(26)23-10-9-20(30)12-22(23)31/h4-10,12-13,18-19,24H,11,14-16H2,1-3H3. The third-order valence-corrected chi connectivity index (χ3v) is 7.25. The Morgan fingerprint density at radius 1 is 1.05 bits per heavy atom. The molecule has 2 aromatic carbocycles. The van der Waals surface area contributed by atoms with Crippen LogP contribution >= 0.6 is 0 Å². The van der Waals surface area contributed by atoms with Gasteiger partial charge in [0.15, 0.2) is 11.5 Å². The molecule has 2 unspecified atom stereocenters. The van der Waals surface area contributed by atoms with Crippen LogP contribution in [0.5, 0.6) is 5.88 Å². The Kier molecular flexibility index (Phi) is 6.20. The molecule has 1 amide bonds. The minimum absolute atomic E-state index is 0.00794. The fraction of sp³-hybridized carbons (Fsp3) is 0.379. The van der Waals surface area contributed by atoms with Crippen LogP contribution in [0.2, 0.25) is 0 Å². The van der Waals surface area contributed by atoms with Crippen LogP contribution in [0.1, 0.15) is 44.5 Å². The summed E-state index contributed by atoms with van der Waals surface area (Å²) in [5.74, 6) is -0.175. The summed E-state index contributed by atoms with van der Waals surface area (Å²) in [6.45, 7) is 6.93. The Labute approximate surface area is 224 Å². The quantitative estimate of drug-likeness (QED) is 0.330. The first kappa shape index (κ1) is 25.2. The minimum atomic E-state index is -0.750. The molecule has 2 bridgehead atoms. The monoisotopic (exact) mass is 533 g/mol. The SMILES string of the molecule is CC(C)(C)OC(=O)N1CC2CC(C1)C2c1nc(OCc2ccccc2)c2cnn(-c3ccc(F)cc3F)c2n1. The lowest BCUT2D eigenvalue weighted by molar-refractivity contribution is -0.0306. The van der Waals surface area contributed by atoms with Crippen molar-refractivity contribution in [3.8, 4) is 11.6 Å². The van der Waals surface area contributed by atoms with Crippen LogP contribution in [0, 0.1) is 23.5 Å². The molecule has 39 heavy (non-hydrogen) atoms. The summed E-state index contributed by atoms with van der Waals surface area (Å²) in [6, 6.07) is 13.0. The number of hydrogen-bond acceptors (Lipinski definition) is 6. The van der Waals surface area contributed by atoms with Gasteiger partial charge in [0.1, 0.15) is 34.9 Å². The van der Waals surface area contributed by atoms with Gasteiger partial charge < -0.3 is 14.4 Å². The number of halogens is 2. The molecule has 2 atom stereocenters. The predicted molar refractivity (Wildman–Crippen MR) is 139 cm³/mol. The molecule has 0 N–H and O–H groups in total. The van der Waals surface area contributed by atoms with Gasteiger partial charge in [0.25, 0.3) is 0 Å². The number of carbonyl (C=O) groups excluding carboxylic acids is 1. The molecule has 2 saturated heterocycles. The fourth-order valence-corrected chi connectivity index (χ4v) is 5.50. The van der Waals surface area contributed by atoms with Gasteiger partial charge in [-0.2, -0.15) is 10.1 Å². The molecule has 3 fully saturated rings. The Hall–Kier alpha value is -4.08. The zero-order valence-corrected chi connectivity index (χ0v) is 22.0. The van der Waals surface area contributed by atoms with E-state index in [2.05, 4.69) is 5.10 Å². The first-order valence-corrected chi connectivity index (χ1v) is 13.0. The topological polar surface area (TPSA) is 82.4 Å². The summed E-state index contributed by atoms with van der Waals surface area (Å²) in [7, 11) is 0. The van der Waals surface area contributed by atoms with E-state index in [1.807, 2.05) is 51.1 Å². The average molecular weight is 534 g/mol. The highest BCUT2D eigenvalue weighted by Gasteiger charge is 2.50. The van der Waals surface area contributed by atoms with Crippen LogP contribution in [0.3, 0.4) is 0 Å². The maximum Gasteiger partial charge on any atom is 0.410 e. The summed E-state index contributed by atoms with van der Waals surface area (Å²) in [5, 5.41) is 4.89. The highest BCUT2D eigenvalue weighted by Crippen LogP contribution is 2.51. The van der Waals surface area contributed by atoms with E-state index in [0.29, 0.717) is 35.8 Å². The van der Waals surface area contributed by atoms with E-state index in [1.165, 1.54) is 23.0 Å². The largest absolute Gasteiger partial charge is 0.472 e. The van der Waals surface area contributed by atoms with Crippen molar-refractivity contribution in [2.75, 3.05) is 13.1 Å². The molecular weight excluding hydrogens is 504 g/mol. The molecule has 10 heteroatoms. The molecule has 0 spiro atoms. The van der Waals surface area contributed by atoms with E-state index in [4.69, 9.17) is 19.4 Å². The van der Waals surface area contributed by atoms with Gasteiger partial charge in [-0.1, -0.05) is 30.3 Å². The van der Waals surface area contributed by atoms with Crippen LogP contribution in [0.15, 0.2) is 54.7 Å². The highest BCUT2D eigenvalue weighted by molar-refractivity contribution is 5.81. The smallest absolute Gasteiger partial charge is 0.410 e. The van der Waals surface area contributed by atoms with Gasteiger partial charge in [0.2, 0.25) is 5.88 Å². The number of nitrogens with zero attached hydrogens (tertiary/aromatic N) is 5. The van der Waals surface area contributed by atoms with Crippen molar-refractivity contribution in [2.45, 2.75) is 45.3 Å². The molecule has 2 aromatic heterocycles. The second kappa shape index (κ2) is 9.59. The number of benzene rings is 2. The van der Waals surface area contributed by atoms with Crippen LogP contribution in [0.4, 0.5) is 13.6 Å². The Morgan fingerprint density at radius 2 is 1.79 bits per heavy atom. The molecule has 1 aliphatic carbocycles. The zero-order valence-electron chi connectivity index (χ0n) is 22.0. The third kappa shape index (κ3) is 4.91. The third-order valence-electron chi connectivity index (χ3n) is 7.25. The van der Waals surface area contributed by atoms with Crippen molar-refractivity contribution in [3.63, 3.8) is 0 Å². The minimum Gasteiger partial charge on any atom is -0.472 e. The summed E-state index contributed by atoms with van der Waals surface area (Å²) in [4.78, 5) is 24.1. The van der Waals surface area contributed by atoms with Crippen LogP contribution in [-0.2, 0) is 11.3 Å². The average Bonchev–Trinajstić information content (AvgIpc) is 3.31. The van der Waals surface area contributed by atoms with E-state index in [1.54, 1.807) is 4.90 Å². The van der Waals surface area contributed by atoms with E-state index >= 15 is 0 Å². The van der Waals surface area contributed by atoms with Gasteiger partial charge in [-0.05, 0) is 56.7 Å². The van der Waals surface area contributed by atoms with Crippen molar-refractivity contribution in [1.82, 2.24) is 24.6 Å². The van der Waals surface area contributed by atoms with Crippen LogP contribution in [-0.4, -0.2) is 49.4 Å². The van der Waals surface area contributed by atoms with Gasteiger partial charge in [-0.3, -0.25) is 0 Å². The number of ether oxygens (including phenoxy) is 2. The predicted octanol–water partition coefficient (Wildman–Crippen LogP) is 5.64. The van der Waals surface area contributed by atoms with E-state index < -0.39 is 17.2 Å². The molecule has 4 aromatic rings. The lowest BCUT2D eigenvalue weighted by atomic mass is 9.61. The van der Waals surface area contributed by atoms with Crippen molar-refractivity contribution in [1.29, 1.82) is 0 Å². The summed E-state index contributed by atoms with van der Waals surface area (Å²) in [5.41, 5.74) is 0.861. The zero-order chi connectivity index (χ0) is 27.3. The second-order valence-electron chi connectivity index (χ2n) is 11.2. The Balaban J connectivity index is 1.35. The van der Waals surface area contributed by atoms with Crippen molar-refractivity contribution >= 4 is 17.1 Å². The summed E-state index contributed by atoms with van der Waals surface area (Å²) < 4.78 is 41.4. The number of amides is 1. The van der Waals surface area contributed by atoms with E-state index in [-0.39, 0.29) is 36.1 Å². The number of piperidine rings is 2. The lowest BCUT2D eigenvalue weighted by Crippen LogP contribution is -2.56. The number of rotatable bonds is 5. The molecule has 2 aliphatic heterocycles. The number of carbonyl (C=O) groups is 1. The Morgan fingerprint density at radius 3 is 2.49 bits per heavy atom. The van der Waals surface area contributed by atoms with Gasteiger partial charge >= 0.3 is 6.09 Å². The molecular formula is C29H29F2N5O3. The van der Waals surface area contributed by atoms with Gasteiger partial charge in [-0.15, -0.1) is 0 Å². The first-order chi connectivity index (χ1) is 18.7. The van der Waals surface area contributed by atoms with Gasteiger partial charge in [0, 0.05) is 25.1 Å². The van der Waals surface area contributed by atoms with Gasteiger partial charge in [0.05, 0.1) is 6.20 Å². The highest BCUT2D eigenvalue weighted by atomic mass is 19.1. The van der Waals surface area contributed by atoms with Crippen molar-refractivity contribution < 1.29 is 23.0 Å². The van der Waals surface area contributed by atoms with Crippen LogP contribution < -0.4 is 4.74 Å². The first-order valence-electron chi connectivity index (χ1n) is 13.0. The maximum atomic E-state index is 14.7. The summed E-state index contributed by atoms with van der Waals surface area (Å²) >= 11 is 0. The number of aromatic nitrogens is 4. The van der Waals surface area contributed by atoms with Crippen LogP contribution in [0.25, 0.3) is 16.7 Å². The Bertz CT molecular complexity index is 1520. The van der Waals surface area contributed by atoms with Crippen molar-refractivity contribution in [3.05, 3.63) is 77.8 Å². The summed E-state index contributed by atoms with van der Waals surface area (Å²) in [6.07, 6.45) is 2.18. The van der Waals surface area contributed by atoms with E-state index in [0.717, 1.165) is 18.1 Å². The fourth-order valence-electron chi connectivity index (χ4n) is 5.50. The normalized spacial score (nSPS) is 20.5. The molecule has 4 heterocycles. The molecule has 7 rings (SSSR count). The molecule has 1 saturated carbocycles. The molecule has 202 valence electrons. The second-order valence-corrected chi connectivity index (χ2v) is 11.2.